The third-order valence-corrected chi connectivity index (χ3v) is 9.05. The van der Waals surface area contributed by atoms with E-state index in [-0.39, 0.29) is 5.97 Å². The average Bonchev–Trinajstić information content (AvgIpc) is 3.01. The molecule has 0 aromatic heterocycles. The number of piperazine rings is 1. The molecule has 5 rings (SSSR count). The fourth-order valence-electron chi connectivity index (χ4n) is 5.40. The summed E-state index contributed by atoms with van der Waals surface area (Å²) in [5.41, 5.74) is 1.99. The van der Waals surface area contributed by atoms with Crippen LogP contribution in [0.4, 0.5) is 30.2 Å². The minimum atomic E-state index is -4.38. The molecule has 2 aliphatic heterocycles. The molecule has 1 saturated heterocycles. The number of fused-ring (bicyclic) bond motifs is 2. The molecule has 1 unspecified atom stereocenters. The van der Waals surface area contributed by atoms with Crippen molar-refractivity contribution in [2.24, 2.45) is 0 Å². The molecule has 0 radical (unpaired) electrons. The third-order valence-electron chi connectivity index (χ3n) is 7.92. The lowest BCUT2D eigenvalue weighted by Gasteiger charge is -2.36. The summed E-state index contributed by atoms with van der Waals surface area (Å²) in [5, 5.41) is 0. The van der Waals surface area contributed by atoms with Crippen molar-refractivity contribution in [3.63, 3.8) is 0 Å². The number of esters is 1. The van der Waals surface area contributed by atoms with E-state index < -0.39 is 17.8 Å². The van der Waals surface area contributed by atoms with Gasteiger partial charge >= 0.3 is 12.1 Å². The van der Waals surface area contributed by atoms with Crippen molar-refractivity contribution < 1.29 is 27.4 Å². The number of nitrogens with zero attached hydrogens (tertiary/aromatic N) is 4. The molecule has 1 fully saturated rings. The van der Waals surface area contributed by atoms with E-state index >= 15 is 0 Å². The number of hydrogen-bond acceptors (Lipinski definition) is 8. The number of benzene rings is 3. The number of anilines is 3. The number of rotatable bonds is 11. The second-order valence-corrected chi connectivity index (χ2v) is 12.3. The maximum atomic E-state index is 13.5. The van der Waals surface area contributed by atoms with Gasteiger partial charge in [0.05, 0.1) is 16.9 Å². The predicted molar refractivity (Wildman–Crippen MR) is 168 cm³/mol. The lowest BCUT2D eigenvalue weighted by Crippen LogP contribution is -2.48. The summed E-state index contributed by atoms with van der Waals surface area (Å²) in [5.74, 6) is 0.233. The van der Waals surface area contributed by atoms with Gasteiger partial charge in [0.15, 0.2) is 6.10 Å². The summed E-state index contributed by atoms with van der Waals surface area (Å²) in [6.45, 7) is 7.63. The average molecular weight is 629 g/mol. The van der Waals surface area contributed by atoms with E-state index in [1.165, 1.54) is 17.8 Å². The van der Waals surface area contributed by atoms with Crippen LogP contribution in [0.3, 0.4) is 0 Å². The number of halogens is 3. The van der Waals surface area contributed by atoms with Gasteiger partial charge in [-0.2, -0.15) is 13.2 Å². The summed E-state index contributed by atoms with van der Waals surface area (Å²) in [4.78, 5) is 23.0. The maximum absolute atomic E-state index is 13.5. The van der Waals surface area contributed by atoms with Gasteiger partial charge in [-0.1, -0.05) is 23.9 Å². The highest BCUT2D eigenvalue weighted by atomic mass is 32.2. The molecule has 0 aliphatic carbocycles. The summed E-state index contributed by atoms with van der Waals surface area (Å²) in [6, 6.07) is 19.5. The molecule has 0 spiro atoms. The summed E-state index contributed by atoms with van der Waals surface area (Å²) >= 11 is 1.51. The van der Waals surface area contributed by atoms with Gasteiger partial charge in [-0.25, -0.2) is 4.79 Å². The molecule has 3 aromatic carbocycles. The second-order valence-electron chi connectivity index (χ2n) is 11.3. The van der Waals surface area contributed by atoms with Gasteiger partial charge in [-0.3, -0.25) is 4.90 Å². The highest BCUT2D eigenvalue weighted by Gasteiger charge is 2.33. The van der Waals surface area contributed by atoms with Crippen LogP contribution in [0.2, 0.25) is 0 Å². The van der Waals surface area contributed by atoms with Crippen molar-refractivity contribution in [1.29, 1.82) is 0 Å². The number of para-hydroxylation sites is 1. The third kappa shape index (κ3) is 7.99. The molecular formula is C33H39F3N4O3S. The molecule has 11 heteroatoms. The Balaban J connectivity index is 1.05. The monoisotopic (exact) mass is 628 g/mol. The molecule has 0 N–H and O–H groups in total. The van der Waals surface area contributed by atoms with Crippen LogP contribution >= 0.6 is 11.8 Å². The zero-order valence-electron chi connectivity index (χ0n) is 25.3. The van der Waals surface area contributed by atoms with Crippen LogP contribution in [-0.4, -0.2) is 88.4 Å². The van der Waals surface area contributed by atoms with E-state index in [9.17, 15) is 18.0 Å². The topological polar surface area (TPSA) is 48.5 Å². The summed E-state index contributed by atoms with van der Waals surface area (Å²) in [6.07, 6.45) is -4.26. The van der Waals surface area contributed by atoms with Crippen LogP contribution < -0.4 is 14.5 Å². The smallest absolute Gasteiger partial charge is 0.416 e. The first kappa shape index (κ1) is 32.0. The molecule has 0 saturated carbocycles. The first-order valence-electron chi connectivity index (χ1n) is 14.9. The Kier molecular flexibility index (Phi) is 10.3. The zero-order valence-corrected chi connectivity index (χ0v) is 26.2. The van der Waals surface area contributed by atoms with Gasteiger partial charge in [0.25, 0.3) is 0 Å². The Morgan fingerprint density at radius 3 is 2.23 bits per heavy atom. The minimum Gasteiger partial charge on any atom is -0.479 e. The van der Waals surface area contributed by atoms with Gasteiger partial charge in [0.2, 0.25) is 0 Å². The molecule has 2 heterocycles. The Hall–Kier alpha value is -3.41. The number of hydrogen-bond donors (Lipinski definition) is 0. The van der Waals surface area contributed by atoms with E-state index in [0.717, 1.165) is 66.4 Å². The van der Waals surface area contributed by atoms with Crippen LogP contribution in [0.1, 0.15) is 18.9 Å². The largest absolute Gasteiger partial charge is 0.479 e. The number of carbonyl (C=O) groups excluding carboxylic acids is 1. The van der Waals surface area contributed by atoms with E-state index in [1.54, 1.807) is 13.0 Å². The van der Waals surface area contributed by atoms with Crippen molar-refractivity contribution in [2.75, 3.05) is 76.3 Å². The number of carbonyl (C=O) groups is 1. The molecule has 236 valence electrons. The summed E-state index contributed by atoms with van der Waals surface area (Å²) < 4.78 is 51.7. The van der Waals surface area contributed by atoms with Crippen molar-refractivity contribution in [3.05, 3.63) is 72.3 Å². The van der Waals surface area contributed by atoms with Gasteiger partial charge in [0.1, 0.15) is 12.4 Å². The Morgan fingerprint density at radius 1 is 0.886 bits per heavy atom. The van der Waals surface area contributed by atoms with Crippen LogP contribution in [0.25, 0.3) is 0 Å². The molecule has 2 aliphatic rings. The van der Waals surface area contributed by atoms with Crippen molar-refractivity contribution >= 4 is 34.8 Å². The van der Waals surface area contributed by atoms with Crippen LogP contribution in [0.5, 0.6) is 5.75 Å². The minimum absolute atomic E-state index is 0.303. The fourth-order valence-corrected chi connectivity index (χ4v) is 6.48. The van der Waals surface area contributed by atoms with Crippen molar-refractivity contribution in [3.8, 4) is 5.75 Å². The van der Waals surface area contributed by atoms with E-state index in [0.29, 0.717) is 31.1 Å². The van der Waals surface area contributed by atoms with Gasteiger partial charge in [-0.05, 0) is 74.5 Å². The Morgan fingerprint density at radius 2 is 1.55 bits per heavy atom. The molecule has 44 heavy (non-hydrogen) atoms. The van der Waals surface area contributed by atoms with Gasteiger partial charge < -0.3 is 24.2 Å². The number of alkyl halides is 3. The molecule has 1 atom stereocenters. The molecule has 3 aromatic rings. The predicted octanol–water partition coefficient (Wildman–Crippen LogP) is 6.39. The Labute approximate surface area is 261 Å². The first-order chi connectivity index (χ1) is 21.1. The van der Waals surface area contributed by atoms with E-state index in [1.807, 2.05) is 72.4 Å². The van der Waals surface area contributed by atoms with Crippen molar-refractivity contribution in [1.82, 2.24) is 9.80 Å². The maximum Gasteiger partial charge on any atom is 0.416 e. The van der Waals surface area contributed by atoms with Gasteiger partial charge in [-0.15, -0.1) is 0 Å². The van der Waals surface area contributed by atoms with Crippen LogP contribution in [-0.2, 0) is 15.7 Å². The molecule has 0 amide bonds. The molecular weight excluding hydrogens is 589 g/mol. The summed E-state index contributed by atoms with van der Waals surface area (Å²) in [7, 11) is 3.93. The van der Waals surface area contributed by atoms with Crippen LogP contribution in [0, 0.1) is 0 Å². The zero-order chi connectivity index (χ0) is 31.3. The standard InChI is InChI=1S/C33H39F3N4O3S/c1-24(43-27-12-10-26(11-13-27)37(2)3)32(41)42-22-21-39-19-17-38(18-20-39)15-6-16-40-28-7-4-5-8-30(28)44-31-14-9-25(23-29(31)40)33(34,35)36/h4-5,7-14,23-24H,6,15-22H2,1-3H3. The van der Waals surface area contributed by atoms with Crippen molar-refractivity contribution in [2.45, 2.75) is 35.4 Å². The SMILES string of the molecule is CC(Oc1ccc(N(C)C)cc1)C(=O)OCCN1CCN(CCCN2c3ccccc3Sc3ccc(C(F)(F)F)cc32)CC1. The van der Waals surface area contributed by atoms with E-state index in [2.05, 4.69) is 9.80 Å². The number of ether oxygens (including phenoxy) is 2. The molecule has 7 nitrogen and oxygen atoms in total. The van der Waals surface area contributed by atoms with E-state index in [4.69, 9.17) is 9.47 Å². The van der Waals surface area contributed by atoms with Crippen LogP contribution in [0.15, 0.2) is 76.5 Å². The Bertz CT molecular complexity index is 1410. The normalized spacial score (nSPS) is 16.2. The fraction of sp³-hybridized carbons (Fsp3) is 0.424. The quantitative estimate of drug-likeness (QED) is 0.227. The highest BCUT2D eigenvalue weighted by Crippen LogP contribution is 2.49. The lowest BCUT2D eigenvalue weighted by molar-refractivity contribution is -0.151. The highest BCUT2D eigenvalue weighted by molar-refractivity contribution is 7.99. The second kappa shape index (κ2) is 14.1. The lowest BCUT2D eigenvalue weighted by atomic mass is 10.1. The molecule has 0 bridgehead atoms. The van der Waals surface area contributed by atoms with Gasteiger partial charge in [0, 0.05) is 68.8 Å². The first-order valence-corrected chi connectivity index (χ1v) is 15.7.